The van der Waals surface area contributed by atoms with Crippen LogP contribution in [0.15, 0.2) is 22.1 Å². The van der Waals surface area contributed by atoms with Gasteiger partial charge in [0, 0.05) is 0 Å². The number of azo groups is 1. The van der Waals surface area contributed by atoms with Crippen LogP contribution in [0, 0.1) is 0 Å². The van der Waals surface area contributed by atoms with E-state index < -0.39 is 0 Å². The Hall–Kier alpha value is -0.860. The van der Waals surface area contributed by atoms with Crippen molar-refractivity contribution in [1.29, 1.82) is 0 Å². The minimum atomic E-state index is 0.194. The fourth-order valence-electron chi connectivity index (χ4n) is 0.472. The molecule has 2 N–H and O–H groups in total. The second kappa shape index (κ2) is 1.33. The maximum absolute atomic E-state index is 5.23. The van der Waals surface area contributed by atoms with Gasteiger partial charge in [-0.15, -0.1) is 5.11 Å². The Labute approximate surface area is 41.9 Å². The van der Waals surface area contributed by atoms with Crippen molar-refractivity contribution in [2.75, 3.05) is 0 Å². The molecule has 1 aliphatic heterocycles. The van der Waals surface area contributed by atoms with E-state index in [1.54, 1.807) is 6.08 Å². The monoisotopic (exact) mass is 97.1 g/mol. The summed E-state index contributed by atoms with van der Waals surface area (Å²) in [5, 5.41) is 7.31. The molecule has 0 amide bonds. The van der Waals surface area contributed by atoms with Crippen LogP contribution in [0.3, 0.4) is 0 Å². The molecule has 0 aromatic rings. The zero-order valence-corrected chi connectivity index (χ0v) is 4.13. The Bertz CT molecular complexity index is 125. The molecule has 1 aliphatic rings. The number of nitrogens with zero attached hydrogens (tertiary/aromatic N) is 2. The third-order valence-corrected chi connectivity index (χ3v) is 0.767. The molecular weight excluding hydrogens is 90.1 g/mol. The normalized spacial score (nSPS) is 28.1. The highest BCUT2D eigenvalue weighted by molar-refractivity contribution is 5.03. The molecule has 0 saturated carbocycles. The Kier molecular flexibility index (Phi) is 0.817. The third kappa shape index (κ3) is 0.765. The second-order valence-corrected chi connectivity index (χ2v) is 1.55. The lowest BCUT2D eigenvalue weighted by Gasteiger charge is -1.81. The van der Waals surface area contributed by atoms with Gasteiger partial charge in [-0.25, -0.2) is 0 Å². The summed E-state index contributed by atoms with van der Waals surface area (Å²) in [6.45, 7) is 1.93. The van der Waals surface area contributed by atoms with E-state index in [-0.39, 0.29) is 6.04 Å². The van der Waals surface area contributed by atoms with E-state index in [1.807, 2.05) is 6.92 Å². The highest BCUT2D eigenvalue weighted by Crippen LogP contribution is 2.05. The molecule has 7 heavy (non-hydrogen) atoms. The van der Waals surface area contributed by atoms with Crippen LogP contribution in [-0.4, -0.2) is 6.04 Å². The van der Waals surface area contributed by atoms with Gasteiger partial charge in [-0.3, -0.25) is 0 Å². The van der Waals surface area contributed by atoms with Gasteiger partial charge in [0.25, 0.3) is 0 Å². The van der Waals surface area contributed by atoms with Gasteiger partial charge < -0.3 is 5.73 Å². The second-order valence-electron chi connectivity index (χ2n) is 1.55. The first-order chi connectivity index (χ1) is 3.29. The molecule has 0 fully saturated rings. The first-order valence-electron chi connectivity index (χ1n) is 2.17. The average molecular weight is 97.1 g/mol. The van der Waals surface area contributed by atoms with Crippen LogP contribution in [-0.2, 0) is 0 Å². The summed E-state index contributed by atoms with van der Waals surface area (Å²) in [7, 11) is 0. The summed E-state index contributed by atoms with van der Waals surface area (Å²) in [5.41, 5.74) is 5.23. The van der Waals surface area contributed by atoms with Crippen molar-refractivity contribution >= 4 is 0 Å². The lowest BCUT2D eigenvalue weighted by Crippen LogP contribution is -1.90. The number of rotatable bonds is 0. The standard InChI is InChI=1S/C4H7N3/c1-3-2-4(5)7-6-3/h2-3H,5H2,1H3. The zero-order valence-electron chi connectivity index (χ0n) is 4.13. The van der Waals surface area contributed by atoms with E-state index in [9.17, 15) is 0 Å². The van der Waals surface area contributed by atoms with Crippen LogP contribution in [0.1, 0.15) is 6.92 Å². The predicted octanol–water partition coefficient (Wildman–Crippen LogP) is 0.641. The molecule has 0 aromatic carbocycles. The number of nitrogens with two attached hydrogens (primary N) is 1. The first kappa shape index (κ1) is 4.30. The van der Waals surface area contributed by atoms with Gasteiger partial charge in [-0.1, -0.05) is 0 Å². The van der Waals surface area contributed by atoms with E-state index in [2.05, 4.69) is 10.2 Å². The number of hydrogen-bond donors (Lipinski definition) is 1. The van der Waals surface area contributed by atoms with Crippen LogP contribution in [0.4, 0.5) is 0 Å². The molecule has 3 nitrogen and oxygen atoms in total. The van der Waals surface area contributed by atoms with Crippen molar-refractivity contribution in [3.05, 3.63) is 11.9 Å². The summed E-state index contributed by atoms with van der Waals surface area (Å²) in [4.78, 5) is 0. The lowest BCUT2D eigenvalue weighted by atomic mass is 10.4. The van der Waals surface area contributed by atoms with Crippen LogP contribution in [0.2, 0.25) is 0 Å². The molecule has 38 valence electrons. The highest BCUT2D eigenvalue weighted by Gasteiger charge is 2.00. The molecule has 0 saturated heterocycles. The molecule has 1 rings (SSSR count). The summed E-state index contributed by atoms with van der Waals surface area (Å²) < 4.78 is 0. The van der Waals surface area contributed by atoms with Gasteiger partial charge in [0.2, 0.25) is 0 Å². The zero-order chi connectivity index (χ0) is 5.28. The largest absolute Gasteiger partial charge is 0.382 e. The third-order valence-electron chi connectivity index (χ3n) is 0.767. The fourth-order valence-corrected chi connectivity index (χ4v) is 0.472. The van der Waals surface area contributed by atoms with Gasteiger partial charge in [0.15, 0.2) is 0 Å². The van der Waals surface area contributed by atoms with Crippen molar-refractivity contribution in [3.8, 4) is 0 Å². The van der Waals surface area contributed by atoms with Gasteiger partial charge in [-0.2, -0.15) is 5.11 Å². The predicted molar refractivity (Wildman–Crippen MR) is 26.6 cm³/mol. The Morgan fingerprint density at radius 1 is 1.86 bits per heavy atom. The van der Waals surface area contributed by atoms with Gasteiger partial charge in [0.1, 0.15) is 5.82 Å². The van der Waals surface area contributed by atoms with E-state index in [4.69, 9.17) is 5.73 Å². The summed E-state index contributed by atoms with van der Waals surface area (Å²) in [6, 6.07) is 0.194. The highest BCUT2D eigenvalue weighted by atomic mass is 15.2. The molecular formula is C4H7N3. The summed E-state index contributed by atoms with van der Waals surface area (Å²) >= 11 is 0. The van der Waals surface area contributed by atoms with Gasteiger partial charge in [-0.05, 0) is 13.0 Å². The van der Waals surface area contributed by atoms with E-state index in [0.717, 1.165) is 0 Å². The van der Waals surface area contributed by atoms with Crippen molar-refractivity contribution in [1.82, 2.24) is 0 Å². The maximum atomic E-state index is 5.23. The van der Waals surface area contributed by atoms with Crippen molar-refractivity contribution in [3.63, 3.8) is 0 Å². The Morgan fingerprint density at radius 3 is 2.71 bits per heavy atom. The molecule has 3 heteroatoms. The molecule has 0 aliphatic carbocycles. The van der Waals surface area contributed by atoms with Crippen LogP contribution in [0.25, 0.3) is 0 Å². The van der Waals surface area contributed by atoms with Crippen LogP contribution >= 0.6 is 0 Å². The maximum Gasteiger partial charge on any atom is 0.143 e. The van der Waals surface area contributed by atoms with E-state index >= 15 is 0 Å². The SMILES string of the molecule is CC1C=C(N)N=N1. The van der Waals surface area contributed by atoms with Crippen molar-refractivity contribution in [2.24, 2.45) is 16.0 Å². The number of hydrogen-bond acceptors (Lipinski definition) is 3. The van der Waals surface area contributed by atoms with Gasteiger partial charge >= 0.3 is 0 Å². The fraction of sp³-hybridized carbons (Fsp3) is 0.500. The Morgan fingerprint density at radius 2 is 2.57 bits per heavy atom. The van der Waals surface area contributed by atoms with E-state index in [1.165, 1.54) is 0 Å². The van der Waals surface area contributed by atoms with Crippen molar-refractivity contribution in [2.45, 2.75) is 13.0 Å². The average Bonchev–Trinajstić information content (AvgIpc) is 1.87. The van der Waals surface area contributed by atoms with E-state index in [0.29, 0.717) is 5.82 Å². The topological polar surface area (TPSA) is 50.7 Å². The summed E-state index contributed by atoms with van der Waals surface area (Å²) in [5.74, 6) is 0.535. The first-order valence-corrected chi connectivity index (χ1v) is 2.17. The van der Waals surface area contributed by atoms with Gasteiger partial charge in [0.05, 0.1) is 6.04 Å². The minimum absolute atomic E-state index is 0.194. The Balaban J connectivity index is 2.69. The smallest absolute Gasteiger partial charge is 0.143 e. The lowest BCUT2D eigenvalue weighted by molar-refractivity contribution is 0.892. The molecule has 1 heterocycles. The van der Waals surface area contributed by atoms with Crippen LogP contribution in [0.5, 0.6) is 0 Å². The quantitative estimate of drug-likeness (QED) is 0.473. The molecule has 0 spiro atoms. The van der Waals surface area contributed by atoms with Crippen molar-refractivity contribution < 1.29 is 0 Å². The molecule has 1 atom stereocenters. The molecule has 1 unspecified atom stereocenters. The minimum Gasteiger partial charge on any atom is -0.382 e. The van der Waals surface area contributed by atoms with Crippen LogP contribution < -0.4 is 5.73 Å². The molecule has 0 aromatic heterocycles. The summed E-state index contributed by atoms with van der Waals surface area (Å²) in [6.07, 6.45) is 1.81. The molecule has 0 radical (unpaired) electrons. The molecule has 0 bridgehead atoms.